The van der Waals surface area contributed by atoms with E-state index in [2.05, 4.69) is 10.1 Å². The molecule has 0 fully saturated rings. The van der Waals surface area contributed by atoms with Gasteiger partial charge in [-0.25, -0.2) is 4.39 Å². The van der Waals surface area contributed by atoms with Crippen molar-refractivity contribution in [3.8, 4) is 22.9 Å². The summed E-state index contributed by atoms with van der Waals surface area (Å²) in [5.74, 6) is 0.873. The number of fused-ring (bicyclic) bond motifs is 1. The number of carbonyl (C=O) groups is 1. The lowest BCUT2D eigenvalue weighted by Gasteiger charge is -2.06. The van der Waals surface area contributed by atoms with Gasteiger partial charge in [-0.05, 0) is 42.0 Å². The number of aryl methyl sites for hydroxylation is 1. The maximum absolute atomic E-state index is 13.0. The SMILES string of the molecule is O=C(CCc1nc(-c2ccc(F)cc2)no1)OCc1cc(Cl)c2c(c1)OCO2. The van der Waals surface area contributed by atoms with Gasteiger partial charge in [-0.1, -0.05) is 16.8 Å². The van der Waals surface area contributed by atoms with Crippen molar-refractivity contribution < 1.29 is 27.9 Å². The minimum Gasteiger partial charge on any atom is -0.461 e. The van der Waals surface area contributed by atoms with Gasteiger partial charge in [0.15, 0.2) is 11.5 Å². The van der Waals surface area contributed by atoms with Gasteiger partial charge in [0.25, 0.3) is 0 Å². The predicted octanol–water partition coefficient (Wildman–Crippen LogP) is 3.93. The number of rotatable bonds is 6. The first-order chi connectivity index (χ1) is 13.6. The monoisotopic (exact) mass is 404 g/mol. The number of aromatic nitrogens is 2. The van der Waals surface area contributed by atoms with Gasteiger partial charge in [0, 0.05) is 12.0 Å². The van der Waals surface area contributed by atoms with E-state index in [1.807, 2.05) is 0 Å². The van der Waals surface area contributed by atoms with Crippen molar-refractivity contribution in [2.24, 2.45) is 0 Å². The number of hydrogen-bond donors (Lipinski definition) is 0. The first-order valence-corrected chi connectivity index (χ1v) is 8.78. The molecule has 7 nitrogen and oxygen atoms in total. The maximum Gasteiger partial charge on any atom is 0.306 e. The van der Waals surface area contributed by atoms with Crippen molar-refractivity contribution in [3.05, 3.63) is 58.7 Å². The molecular weight excluding hydrogens is 391 g/mol. The van der Waals surface area contributed by atoms with Crippen LogP contribution in [0.4, 0.5) is 4.39 Å². The van der Waals surface area contributed by atoms with E-state index >= 15 is 0 Å². The summed E-state index contributed by atoms with van der Waals surface area (Å²) in [4.78, 5) is 16.2. The lowest BCUT2D eigenvalue weighted by Crippen LogP contribution is -2.06. The molecule has 1 aromatic heterocycles. The Morgan fingerprint density at radius 2 is 2.04 bits per heavy atom. The van der Waals surface area contributed by atoms with Crippen molar-refractivity contribution in [1.82, 2.24) is 10.1 Å². The van der Waals surface area contributed by atoms with E-state index in [1.165, 1.54) is 12.1 Å². The molecule has 0 radical (unpaired) electrons. The molecule has 1 aliphatic rings. The van der Waals surface area contributed by atoms with Gasteiger partial charge in [-0.3, -0.25) is 4.79 Å². The molecule has 3 aromatic rings. The molecule has 4 rings (SSSR count). The van der Waals surface area contributed by atoms with Crippen molar-refractivity contribution in [2.75, 3.05) is 6.79 Å². The summed E-state index contributed by atoms with van der Waals surface area (Å²) in [5, 5.41) is 4.23. The van der Waals surface area contributed by atoms with Crippen LogP contribution in [0, 0.1) is 5.82 Å². The van der Waals surface area contributed by atoms with Crippen LogP contribution in [0.15, 0.2) is 40.9 Å². The topological polar surface area (TPSA) is 83.7 Å². The summed E-state index contributed by atoms with van der Waals surface area (Å²) in [7, 11) is 0. The molecule has 9 heteroatoms. The number of esters is 1. The molecule has 0 unspecified atom stereocenters. The Bertz CT molecular complexity index is 1010. The first kappa shape index (κ1) is 18.2. The molecule has 2 aromatic carbocycles. The second-order valence-electron chi connectivity index (χ2n) is 5.99. The summed E-state index contributed by atoms with van der Waals surface area (Å²) in [5.41, 5.74) is 1.32. The third-order valence-electron chi connectivity index (χ3n) is 4.00. The molecule has 28 heavy (non-hydrogen) atoms. The van der Waals surface area contributed by atoms with E-state index in [9.17, 15) is 9.18 Å². The van der Waals surface area contributed by atoms with Gasteiger partial charge in [0.05, 0.1) is 11.4 Å². The molecule has 0 amide bonds. The highest BCUT2D eigenvalue weighted by atomic mass is 35.5. The molecule has 2 heterocycles. The first-order valence-electron chi connectivity index (χ1n) is 8.40. The Morgan fingerprint density at radius 1 is 1.21 bits per heavy atom. The minimum atomic E-state index is -0.421. The summed E-state index contributed by atoms with van der Waals surface area (Å²) < 4.78 is 33.8. The lowest BCUT2D eigenvalue weighted by atomic mass is 10.2. The molecule has 1 aliphatic heterocycles. The van der Waals surface area contributed by atoms with Crippen molar-refractivity contribution in [2.45, 2.75) is 19.4 Å². The Balaban J connectivity index is 1.29. The van der Waals surface area contributed by atoms with Gasteiger partial charge >= 0.3 is 5.97 Å². The summed E-state index contributed by atoms with van der Waals surface area (Å²) in [6.45, 7) is 0.169. The Hall–Kier alpha value is -3.13. The minimum absolute atomic E-state index is 0.0554. The highest BCUT2D eigenvalue weighted by molar-refractivity contribution is 6.32. The average Bonchev–Trinajstić information content (AvgIpc) is 3.35. The number of benzene rings is 2. The standard InChI is InChI=1S/C19H14ClFN2O5/c20-14-7-11(8-15-18(14)27-10-26-15)9-25-17(24)6-5-16-22-19(23-28-16)12-1-3-13(21)4-2-12/h1-4,7-8H,5-6,9-10H2. The number of ether oxygens (including phenoxy) is 3. The molecule has 0 N–H and O–H groups in total. The molecule has 0 atom stereocenters. The van der Waals surface area contributed by atoms with Crippen LogP contribution >= 0.6 is 11.6 Å². The maximum atomic E-state index is 13.0. The van der Waals surface area contributed by atoms with E-state index in [4.69, 9.17) is 30.3 Å². The fourth-order valence-corrected chi connectivity index (χ4v) is 2.91. The van der Waals surface area contributed by atoms with E-state index in [0.717, 1.165) is 0 Å². The second-order valence-corrected chi connectivity index (χ2v) is 6.40. The van der Waals surface area contributed by atoms with E-state index < -0.39 is 5.97 Å². The Kier molecular flexibility index (Phi) is 5.12. The Labute approximate surface area is 164 Å². The van der Waals surface area contributed by atoms with Gasteiger partial charge in [0.2, 0.25) is 18.5 Å². The van der Waals surface area contributed by atoms with E-state index in [0.29, 0.717) is 39.4 Å². The third kappa shape index (κ3) is 4.07. The van der Waals surface area contributed by atoms with Crippen LogP contribution < -0.4 is 9.47 Å². The van der Waals surface area contributed by atoms with Crippen LogP contribution in [0.1, 0.15) is 17.9 Å². The summed E-state index contributed by atoms with van der Waals surface area (Å²) in [6, 6.07) is 9.10. The zero-order valence-corrected chi connectivity index (χ0v) is 15.2. The highest BCUT2D eigenvalue weighted by Gasteiger charge is 2.19. The normalized spacial score (nSPS) is 12.2. The predicted molar refractivity (Wildman–Crippen MR) is 95.4 cm³/mol. The average molecular weight is 405 g/mol. The molecule has 0 spiro atoms. The molecule has 144 valence electrons. The second kappa shape index (κ2) is 7.85. The third-order valence-corrected chi connectivity index (χ3v) is 4.28. The molecular formula is C19H14ClFN2O5. The van der Waals surface area contributed by atoms with Gasteiger partial charge in [-0.15, -0.1) is 0 Å². The largest absolute Gasteiger partial charge is 0.461 e. The molecule has 0 bridgehead atoms. The molecule has 0 saturated carbocycles. The van der Waals surface area contributed by atoms with Crippen LogP contribution in [0.2, 0.25) is 5.02 Å². The van der Waals surface area contributed by atoms with Crippen molar-refractivity contribution in [1.29, 1.82) is 0 Å². The van der Waals surface area contributed by atoms with Gasteiger partial charge in [0.1, 0.15) is 12.4 Å². The molecule has 0 aliphatic carbocycles. The summed E-state index contributed by atoms with van der Waals surface area (Å²) >= 11 is 6.10. The summed E-state index contributed by atoms with van der Waals surface area (Å²) in [6.07, 6.45) is 0.304. The zero-order valence-electron chi connectivity index (χ0n) is 14.5. The van der Waals surface area contributed by atoms with Gasteiger partial charge < -0.3 is 18.7 Å². The number of carbonyl (C=O) groups excluding carboxylic acids is 1. The fraction of sp³-hybridized carbons (Fsp3) is 0.211. The van der Waals surface area contributed by atoms with E-state index in [1.54, 1.807) is 24.3 Å². The fourth-order valence-electron chi connectivity index (χ4n) is 2.62. The lowest BCUT2D eigenvalue weighted by molar-refractivity contribution is -0.145. The van der Waals surface area contributed by atoms with Crippen molar-refractivity contribution >= 4 is 17.6 Å². The molecule has 0 saturated heterocycles. The van der Waals surface area contributed by atoms with Crippen LogP contribution in [-0.4, -0.2) is 22.9 Å². The van der Waals surface area contributed by atoms with Crippen molar-refractivity contribution in [3.63, 3.8) is 0 Å². The zero-order chi connectivity index (χ0) is 19.5. The van der Waals surface area contributed by atoms with Crippen LogP contribution in [-0.2, 0) is 22.6 Å². The van der Waals surface area contributed by atoms with Crippen LogP contribution in [0.5, 0.6) is 11.5 Å². The number of nitrogens with zero attached hydrogens (tertiary/aromatic N) is 2. The number of hydrogen-bond acceptors (Lipinski definition) is 7. The van der Waals surface area contributed by atoms with Crippen LogP contribution in [0.25, 0.3) is 11.4 Å². The number of halogens is 2. The van der Waals surface area contributed by atoms with Crippen LogP contribution in [0.3, 0.4) is 0 Å². The van der Waals surface area contributed by atoms with E-state index in [-0.39, 0.29) is 32.1 Å². The quantitative estimate of drug-likeness (QED) is 0.575. The smallest absolute Gasteiger partial charge is 0.306 e. The Morgan fingerprint density at radius 3 is 2.86 bits per heavy atom. The highest BCUT2D eigenvalue weighted by Crippen LogP contribution is 2.39. The van der Waals surface area contributed by atoms with Gasteiger partial charge in [-0.2, -0.15) is 4.98 Å².